The van der Waals surface area contributed by atoms with Crippen molar-refractivity contribution in [2.75, 3.05) is 7.11 Å². The molecule has 0 aliphatic carbocycles. The summed E-state index contributed by atoms with van der Waals surface area (Å²) in [7, 11) is 1.34. The third kappa shape index (κ3) is 3.99. The van der Waals surface area contributed by atoms with E-state index in [1.165, 1.54) is 18.9 Å². The van der Waals surface area contributed by atoms with Crippen LogP contribution in [0.15, 0.2) is 65.7 Å². The largest absolute Gasteiger partial charge is 0.468 e. The van der Waals surface area contributed by atoms with E-state index in [4.69, 9.17) is 4.74 Å². The van der Waals surface area contributed by atoms with E-state index in [-0.39, 0.29) is 5.97 Å². The SMILES string of the molecule is COC(=O)C(C)Sc1nnc(-c2ccccc2)c(-c2ccccc2)c1C#N. The van der Waals surface area contributed by atoms with Crippen molar-refractivity contribution in [2.45, 2.75) is 17.2 Å². The summed E-state index contributed by atoms with van der Waals surface area (Å²) in [6.07, 6.45) is 0. The number of carbonyl (C=O) groups excluding carboxylic acids is 1. The summed E-state index contributed by atoms with van der Waals surface area (Å²) < 4.78 is 4.77. The molecule has 0 radical (unpaired) electrons. The molecule has 0 aliphatic heterocycles. The number of hydrogen-bond donors (Lipinski definition) is 0. The number of nitriles is 1. The molecule has 27 heavy (non-hydrogen) atoms. The minimum absolute atomic E-state index is 0.376. The fourth-order valence-corrected chi connectivity index (χ4v) is 3.55. The quantitative estimate of drug-likeness (QED) is 0.488. The third-order valence-electron chi connectivity index (χ3n) is 3.98. The maximum Gasteiger partial charge on any atom is 0.318 e. The van der Waals surface area contributed by atoms with Gasteiger partial charge in [-0.1, -0.05) is 72.4 Å². The molecule has 0 fully saturated rings. The normalized spacial score (nSPS) is 11.4. The second kappa shape index (κ2) is 8.47. The van der Waals surface area contributed by atoms with E-state index in [1.807, 2.05) is 60.7 Å². The van der Waals surface area contributed by atoms with Gasteiger partial charge in [-0.25, -0.2) is 0 Å². The summed E-state index contributed by atoms with van der Waals surface area (Å²) >= 11 is 1.17. The number of ether oxygens (including phenoxy) is 1. The number of nitrogens with zero attached hydrogens (tertiary/aromatic N) is 3. The zero-order valence-corrected chi connectivity index (χ0v) is 15.7. The van der Waals surface area contributed by atoms with Gasteiger partial charge in [0.05, 0.1) is 12.7 Å². The highest BCUT2D eigenvalue weighted by atomic mass is 32.2. The van der Waals surface area contributed by atoms with Gasteiger partial charge in [-0.3, -0.25) is 4.79 Å². The lowest BCUT2D eigenvalue weighted by Gasteiger charge is -2.14. The monoisotopic (exact) mass is 375 g/mol. The molecule has 0 bridgehead atoms. The van der Waals surface area contributed by atoms with E-state index in [9.17, 15) is 10.1 Å². The Labute approximate surface area is 162 Å². The van der Waals surface area contributed by atoms with Gasteiger partial charge in [0.25, 0.3) is 0 Å². The summed E-state index contributed by atoms with van der Waals surface area (Å²) in [6.45, 7) is 1.71. The lowest BCUT2D eigenvalue weighted by molar-refractivity contribution is -0.139. The molecule has 5 nitrogen and oxygen atoms in total. The lowest BCUT2D eigenvalue weighted by Crippen LogP contribution is -2.15. The van der Waals surface area contributed by atoms with Gasteiger partial charge in [0.15, 0.2) is 0 Å². The van der Waals surface area contributed by atoms with Crippen molar-refractivity contribution in [1.82, 2.24) is 10.2 Å². The number of carbonyl (C=O) groups is 1. The first-order valence-electron chi connectivity index (χ1n) is 8.31. The van der Waals surface area contributed by atoms with Crippen molar-refractivity contribution in [1.29, 1.82) is 5.26 Å². The Balaban J connectivity index is 2.20. The Kier molecular flexibility index (Phi) is 5.84. The second-order valence-corrected chi connectivity index (χ2v) is 7.06. The Bertz CT molecular complexity index is 986. The van der Waals surface area contributed by atoms with E-state index in [2.05, 4.69) is 16.3 Å². The van der Waals surface area contributed by atoms with Gasteiger partial charge >= 0.3 is 5.97 Å². The molecule has 0 N–H and O–H groups in total. The molecule has 1 heterocycles. The van der Waals surface area contributed by atoms with Crippen LogP contribution in [0.25, 0.3) is 22.4 Å². The van der Waals surface area contributed by atoms with E-state index in [1.54, 1.807) is 6.92 Å². The van der Waals surface area contributed by atoms with Gasteiger partial charge in [-0.2, -0.15) is 5.26 Å². The van der Waals surface area contributed by atoms with Gasteiger partial charge in [-0.15, -0.1) is 10.2 Å². The van der Waals surface area contributed by atoms with Crippen LogP contribution in [0.5, 0.6) is 0 Å². The van der Waals surface area contributed by atoms with E-state index < -0.39 is 5.25 Å². The van der Waals surface area contributed by atoms with Gasteiger partial charge in [0, 0.05) is 11.1 Å². The summed E-state index contributed by atoms with van der Waals surface area (Å²) in [5.74, 6) is -0.376. The number of aromatic nitrogens is 2. The zero-order valence-electron chi connectivity index (χ0n) is 14.9. The van der Waals surface area contributed by atoms with Crippen LogP contribution in [0.4, 0.5) is 0 Å². The molecule has 3 rings (SSSR count). The van der Waals surface area contributed by atoms with Crippen molar-refractivity contribution in [3.63, 3.8) is 0 Å². The molecule has 134 valence electrons. The predicted octanol–water partition coefficient (Wildman–Crippen LogP) is 4.34. The minimum Gasteiger partial charge on any atom is -0.468 e. The fourth-order valence-electron chi connectivity index (χ4n) is 2.67. The molecule has 0 saturated carbocycles. The van der Waals surface area contributed by atoms with Gasteiger partial charge in [0.2, 0.25) is 0 Å². The number of thioether (sulfide) groups is 1. The van der Waals surface area contributed by atoms with Crippen LogP contribution in [0.3, 0.4) is 0 Å². The molecule has 0 spiro atoms. The van der Waals surface area contributed by atoms with Gasteiger partial charge in [0.1, 0.15) is 22.0 Å². The number of methoxy groups -OCH3 is 1. The van der Waals surface area contributed by atoms with Crippen LogP contribution in [-0.4, -0.2) is 28.5 Å². The van der Waals surface area contributed by atoms with E-state index in [0.29, 0.717) is 21.8 Å². The van der Waals surface area contributed by atoms with Crippen molar-refractivity contribution in [2.24, 2.45) is 0 Å². The number of esters is 1. The Hall–Kier alpha value is -3.17. The standard InChI is InChI=1S/C21H17N3O2S/c1-14(21(25)26-2)27-20-17(13-22)18(15-9-5-3-6-10-15)19(23-24-20)16-11-7-4-8-12-16/h3-12,14H,1-2H3. The van der Waals surface area contributed by atoms with Crippen molar-refractivity contribution in [3.05, 3.63) is 66.2 Å². The van der Waals surface area contributed by atoms with E-state index >= 15 is 0 Å². The van der Waals surface area contributed by atoms with Crippen LogP contribution >= 0.6 is 11.8 Å². The first kappa shape index (κ1) is 18.6. The zero-order chi connectivity index (χ0) is 19.2. The highest BCUT2D eigenvalue weighted by Gasteiger charge is 2.23. The maximum atomic E-state index is 11.8. The maximum absolute atomic E-state index is 11.8. The average molecular weight is 375 g/mol. The molecule has 1 atom stereocenters. The topological polar surface area (TPSA) is 75.9 Å². The smallest absolute Gasteiger partial charge is 0.318 e. The van der Waals surface area contributed by atoms with Crippen molar-refractivity contribution in [3.8, 4) is 28.5 Å². The van der Waals surface area contributed by atoms with Crippen LogP contribution in [-0.2, 0) is 9.53 Å². The highest BCUT2D eigenvalue weighted by molar-refractivity contribution is 8.00. The van der Waals surface area contributed by atoms with Crippen LogP contribution in [0.2, 0.25) is 0 Å². The molecule has 1 aromatic heterocycles. The third-order valence-corrected chi connectivity index (χ3v) is 5.04. The molecular formula is C21H17N3O2S. The lowest BCUT2D eigenvalue weighted by atomic mass is 9.96. The minimum atomic E-state index is -0.498. The molecule has 3 aromatic rings. The summed E-state index contributed by atoms with van der Waals surface area (Å²) in [5, 5.41) is 18.5. The molecular weight excluding hydrogens is 358 g/mol. The molecule has 6 heteroatoms. The van der Waals surface area contributed by atoms with Gasteiger partial charge < -0.3 is 4.74 Å². The summed E-state index contributed by atoms with van der Waals surface area (Å²) in [6, 6.07) is 21.5. The Morgan fingerprint density at radius 1 is 1.04 bits per heavy atom. The highest BCUT2D eigenvalue weighted by Crippen LogP contribution is 2.37. The molecule has 0 aliphatic rings. The van der Waals surface area contributed by atoms with Crippen LogP contribution in [0.1, 0.15) is 12.5 Å². The van der Waals surface area contributed by atoms with Crippen molar-refractivity contribution < 1.29 is 9.53 Å². The summed E-state index contributed by atoms with van der Waals surface area (Å²) in [5.41, 5.74) is 3.48. The first-order valence-corrected chi connectivity index (χ1v) is 9.19. The number of hydrogen-bond acceptors (Lipinski definition) is 6. The van der Waals surface area contributed by atoms with Crippen LogP contribution < -0.4 is 0 Å². The Morgan fingerprint density at radius 2 is 1.63 bits per heavy atom. The first-order chi connectivity index (χ1) is 13.2. The number of benzene rings is 2. The molecule has 1 unspecified atom stereocenters. The molecule has 2 aromatic carbocycles. The average Bonchev–Trinajstić information content (AvgIpc) is 2.73. The van der Waals surface area contributed by atoms with E-state index in [0.717, 1.165) is 11.1 Å². The summed E-state index contributed by atoms with van der Waals surface area (Å²) in [4.78, 5) is 11.8. The molecule has 0 saturated heterocycles. The number of rotatable bonds is 5. The Morgan fingerprint density at radius 3 is 2.19 bits per heavy atom. The predicted molar refractivity (Wildman–Crippen MR) is 105 cm³/mol. The fraction of sp³-hybridized carbons (Fsp3) is 0.143. The van der Waals surface area contributed by atoms with Gasteiger partial charge in [-0.05, 0) is 12.5 Å². The van der Waals surface area contributed by atoms with Crippen molar-refractivity contribution >= 4 is 17.7 Å². The second-order valence-electron chi connectivity index (χ2n) is 5.73. The molecule has 0 amide bonds. The van der Waals surface area contributed by atoms with Crippen LogP contribution in [0, 0.1) is 11.3 Å².